The van der Waals surface area contributed by atoms with E-state index in [0.717, 1.165) is 40.3 Å². The molecule has 8 heteroatoms. The van der Waals surface area contributed by atoms with Crippen molar-refractivity contribution in [1.82, 2.24) is 25.5 Å². The fourth-order valence-corrected chi connectivity index (χ4v) is 4.19. The first-order valence-electron chi connectivity index (χ1n) is 10.9. The summed E-state index contributed by atoms with van der Waals surface area (Å²) < 4.78 is 0. The van der Waals surface area contributed by atoms with Gasteiger partial charge in [0, 0.05) is 61.5 Å². The zero-order valence-electron chi connectivity index (χ0n) is 18.5. The number of likely N-dealkylation sites (N-methyl/N-ethyl adjacent to an activating group) is 1. The molecule has 0 saturated heterocycles. The van der Waals surface area contributed by atoms with Gasteiger partial charge in [0.1, 0.15) is 5.82 Å². The number of anilines is 3. The van der Waals surface area contributed by atoms with Crippen molar-refractivity contribution in [2.75, 3.05) is 24.3 Å². The second-order valence-electron chi connectivity index (χ2n) is 8.14. The van der Waals surface area contributed by atoms with Gasteiger partial charge in [-0.1, -0.05) is 24.3 Å². The molecule has 1 aliphatic heterocycles. The molecule has 2 aromatic heterocycles. The van der Waals surface area contributed by atoms with Crippen LogP contribution < -0.4 is 15.5 Å². The summed E-state index contributed by atoms with van der Waals surface area (Å²) in [6.45, 7) is 0. The normalized spacial score (nSPS) is 14.7. The Morgan fingerprint density at radius 1 is 1.12 bits per heavy atom. The van der Waals surface area contributed by atoms with Crippen molar-refractivity contribution in [2.24, 2.45) is 0 Å². The standard InChI is InChI=1S/C25H25N7O/c1-26-24(33)13-21-11-17-3-4-18(12-22(17)32(21)2)25-27-10-9-23(31-25)30-20-7-5-16(6-8-20)19-14-28-29-15-19/h3-10,12,14-15,21H,11,13H2,1-2H3,(H,26,33)(H,28,29)(H,27,30,31). The summed E-state index contributed by atoms with van der Waals surface area (Å²) in [7, 11) is 3.71. The minimum Gasteiger partial charge on any atom is -0.371 e. The quantitative estimate of drug-likeness (QED) is 0.423. The van der Waals surface area contributed by atoms with Crippen LogP contribution >= 0.6 is 0 Å². The number of H-pyrrole nitrogens is 1. The summed E-state index contributed by atoms with van der Waals surface area (Å²) in [5.41, 5.74) is 6.39. The van der Waals surface area contributed by atoms with Crippen molar-refractivity contribution in [3.8, 4) is 22.5 Å². The van der Waals surface area contributed by atoms with Gasteiger partial charge in [-0.05, 0) is 41.8 Å². The Labute approximate surface area is 192 Å². The van der Waals surface area contributed by atoms with Gasteiger partial charge in [-0.2, -0.15) is 5.10 Å². The van der Waals surface area contributed by atoms with Crippen LogP contribution in [0.4, 0.5) is 17.2 Å². The third-order valence-electron chi connectivity index (χ3n) is 6.07. The van der Waals surface area contributed by atoms with Crippen LogP contribution in [0.5, 0.6) is 0 Å². The van der Waals surface area contributed by atoms with E-state index < -0.39 is 0 Å². The predicted molar refractivity (Wildman–Crippen MR) is 129 cm³/mol. The smallest absolute Gasteiger partial charge is 0.221 e. The number of amides is 1. The van der Waals surface area contributed by atoms with E-state index in [9.17, 15) is 4.79 Å². The molecule has 1 aliphatic rings. The molecule has 0 fully saturated rings. The largest absolute Gasteiger partial charge is 0.371 e. The van der Waals surface area contributed by atoms with Gasteiger partial charge in [-0.25, -0.2) is 9.97 Å². The van der Waals surface area contributed by atoms with Crippen molar-refractivity contribution in [2.45, 2.75) is 18.9 Å². The highest BCUT2D eigenvalue weighted by Crippen LogP contribution is 2.35. The number of hydrogen-bond donors (Lipinski definition) is 3. The van der Waals surface area contributed by atoms with E-state index in [1.54, 1.807) is 19.4 Å². The zero-order valence-corrected chi connectivity index (χ0v) is 18.5. The maximum absolute atomic E-state index is 11.8. The molecule has 1 amide bonds. The number of aromatic nitrogens is 4. The van der Waals surface area contributed by atoms with Crippen molar-refractivity contribution in [3.63, 3.8) is 0 Å². The summed E-state index contributed by atoms with van der Waals surface area (Å²) in [5, 5.41) is 12.9. The SMILES string of the molecule is CNC(=O)CC1Cc2ccc(-c3nccc(Nc4ccc(-c5cn[nH]c5)cc4)n3)cc2N1C. The van der Waals surface area contributed by atoms with E-state index in [0.29, 0.717) is 12.2 Å². The molecule has 3 heterocycles. The van der Waals surface area contributed by atoms with Crippen LogP contribution in [0.15, 0.2) is 67.1 Å². The Bertz CT molecular complexity index is 1270. The van der Waals surface area contributed by atoms with E-state index in [1.165, 1.54) is 5.56 Å². The topological polar surface area (TPSA) is 98.8 Å². The van der Waals surface area contributed by atoms with Gasteiger partial charge in [-0.15, -0.1) is 0 Å². The molecule has 33 heavy (non-hydrogen) atoms. The maximum atomic E-state index is 11.8. The van der Waals surface area contributed by atoms with Gasteiger partial charge in [0.15, 0.2) is 5.82 Å². The van der Waals surface area contributed by atoms with Crippen LogP contribution in [0, 0.1) is 0 Å². The number of fused-ring (bicyclic) bond motifs is 1. The number of aromatic amines is 1. The number of rotatable bonds is 6. The van der Waals surface area contributed by atoms with Crippen LogP contribution in [0.3, 0.4) is 0 Å². The van der Waals surface area contributed by atoms with E-state index in [1.807, 2.05) is 49.6 Å². The van der Waals surface area contributed by atoms with Gasteiger partial charge in [0.25, 0.3) is 0 Å². The van der Waals surface area contributed by atoms with Gasteiger partial charge in [0.2, 0.25) is 5.91 Å². The minimum absolute atomic E-state index is 0.0554. The molecule has 166 valence electrons. The van der Waals surface area contributed by atoms with Crippen LogP contribution in [0.25, 0.3) is 22.5 Å². The van der Waals surface area contributed by atoms with Crippen LogP contribution in [0.1, 0.15) is 12.0 Å². The van der Waals surface area contributed by atoms with Gasteiger partial charge in [-0.3, -0.25) is 9.89 Å². The lowest BCUT2D eigenvalue weighted by atomic mass is 10.1. The molecule has 0 spiro atoms. The summed E-state index contributed by atoms with van der Waals surface area (Å²) in [4.78, 5) is 23.2. The number of nitrogens with one attached hydrogen (secondary N) is 3. The first kappa shape index (κ1) is 20.7. The average molecular weight is 440 g/mol. The molecule has 0 radical (unpaired) electrons. The van der Waals surface area contributed by atoms with E-state index in [-0.39, 0.29) is 11.9 Å². The monoisotopic (exact) mass is 439 g/mol. The Balaban J connectivity index is 1.33. The first-order chi connectivity index (χ1) is 16.1. The van der Waals surface area contributed by atoms with Crippen molar-refractivity contribution >= 4 is 23.1 Å². The highest BCUT2D eigenvalue weighted by atomic mass is 16.1. The summed E-state index contributed by atoms with van der Waals surface area (Å²) in [6, 6.07) is 16.4. The van der Waals surface area contributed by atoms with Crippen LogP contribution in [-0.2, 0) is 11.2 Å². The lowest BCUT2D eigenvalue weighted by Crippen LogP contribution is -2.33. The number of benzene rings is 2. The molecule has 5 rings (SSSR count). The highest BCUT2D eigenvalue weighted by molar-refractivity contribution is 5.78. The Morgan fingerprint density at radius 3 is 2.70 bits per heavy atom. The molecule has 3 N–H and O–H groups in total. The molecule has 1 unspecified atom stereocenters. The zero-order chi connectivity index (χ0) is 22.8. The molecule has 1 atom stereocenters. The average Bonchev–Trinajstić information content (AvgIpc) is 3.48. The van der Waals surface area contributed by atoms with Gasteiger partial charge >= 0.3 is 0 Å². The molecule has 0 aliphatic carbocycles. The Morgan fingerprint density at radius 2 is 1.94 bits per heavy atom. The number of carbonyl (C=O) groups excluding carboxylic acids is 1. The summed E-state index contributed by atoms with van der Waals surface area (Å²) in [6.07, 6.45) is 6.76. The van der Waals surface area contributed by atoms with Gasteiger partial charge < -0.3 is 15.5 Å². The lowest BCUT2D eigenvalue weighted by Gasteiger charge is -2.22. The summed E-state index contributed by atoms with van der Waals surface area (Å²) in [5.74, 6) is 1.43. The molecule has 2 aromatic carbocycles. The number of carbonyl (C=O) groups is 1. The highest BCUT2D eigenvalue weighted by Gasteiger charge is 2.28. The van der Waals surface area contributed by atoms with E-state index >= 15 is 0 Å². The minimum atomic E-state index is 0.0554. The lowest BCUT2D eigenvalue weighted by molar-refractivity contribution is -0.120. The summed E-state index contributed by atoms with van der Waals surface area (Å²) >= 11 is 0. The third-order valence-corrected chi connectivity index (χ3v) is 6.07. The van der Waals surface area contributed by atoms with Crippen LogP contribution in [-0.4, -0.2) is 46.2 Å². The second-order valence-corrected chi connectivity index (χ2v) is 8.14. The van der Waals surface area contributed by atoms with Gasteiger partial charge in [0.05, 0.1) is 6.20 Å². The van der Waals surface area contributed by atoms with Crippen molar-refractivity contribution in [3.05, 3.63) is 72.7 Å². The molecule has 8 nitrogen and oxygen atoms in total. The molecule has 0 bridgehead atoms. The first-order valence-corrected chi connectivity index (χ1v) is 10.9. The van der Waals surface area contributed by atoms with Crippen LogP contribution in [0.2, 0.25) is 0 Å². The maximum Gasteiger partial charge on any atom is 0.221 e. The fraction of sp³-hybridized carbons (Fsp3) is 0.200. The fourth-order valence-electron chi connectivity index (χ4n) is 4.19. The number of hydrogen-bond acceptors (Lipinski definition) is 6. The van der Waals surface area contributed by atoms with Crippen molar-refractivity contribution < 1.29 is 4.79 Å². The third kappa shape index (κ3) is 4.27. The van der Waals surface area contributed by atoms with Crippen molar-refractivity contribution in [1.29, 1.82) is 0 Å². The number of nitrogens with zero attached hydrogens (tertiary/aromatic N) is 4. The van der Waals surface area contributed by atoms with E-state index in [2.05, 4.69) is 42.8 Å². The Kier molecular flexibility index (Phi) is 5.48. The molecular weight excluding hydrogens is 414 g/mol. The second kappa shape index (κ2) is 8.74. The van der Waals surface area contributed by atoms with E-state index in [4.69, 9.17) is 4.98 Å². The molecule has 0 saturated carbocycles. The molecular formula is C25H25N7O. The Hall–Kier alpha value is -4.20. The predicted octanol–water partition coefficient (Wildman–Crippen LogP) is 3.77. The molecule has 4 aromatic rings.